The Morgan fingerprint density at radius 2 is 0.340 bits per heavy atom. The summed E-state index contributed by atoms with van der Waals surface area (Å²) in [5.74, 6) is 2.86. The molecule has 0 bridgehead atoms. The summed E-state index contributed by atoms with van der Waals surface area (Å²) < 4.78 is 0. The minimum atomic E-state index is 0. The van der Waals surface area contributed by atoms with Gasteiger partial charge in [0.15, 0.2) is 0 Å². The van der Waals surface area contributed by atoms with Crippen molar-refractivity contribution in [2.45, 2.75) is 0 Å². The average Bonchev–Trinajstić information content (AvgIpc) is 1.27. The van der Waals surface area contributed by atoms with Crippen molar-refractivity contribution in [3.05, 3.63) is 412 Å². The van der Waals surface area contributed by atoms with Crippen molar-refractivity contribution in [3.63, 3.8) is 0 Å². The minimum absolute atomic E-state index is 0. The Kier molecular flexibility index (Phi) is 39.6. The molecule has 0 atom stereocenters. The molecule has 471 valence electrons. The number of nitrogens with zero attached hydrogens (tertiary/aromatic N) is 9. The van der Waals surface area contributed by atoms with Crippen LogP contribution in [0, 0.1) is 4.91 Å². The van der Waals surface area contributed by atoms with E-state index in [-0.39, 0.29) is 49.6 Å². The first-order valence-corrected chi connectivity index (χ1v) is 30.9. The van der Waals surface area contributed by atoms with Crippen LogP contribution in [0.4, 0.5) is 45.5 Å². The molecule has 0 aromatic heterocycles. The number of benzene rings is 12. The molecule has 0 spiro atoms. The van der Waals surface area contributed by atoms with Gasteiger partial charge in [-0.1, -0.05) is 387 Å². The van der Waals surface area contributed by atoms with Crippen LogP contribution in [-0.2, 0) is 39.0 Å². The van der Waals surface area contributed by atoms with Gasteiger partial charge in [0, 0.05) is 0 Å². The number of nitroso groups, excluding NO2 is 1. The van der Waals surface area contributed by atoms with E-state index in [1.165, 1.54) is 0 Å². The van der Waals surface area contributed by atoms with E-state index >= 15 is 0 Å². The number of para-hydroxylation sites is 8. The summed E-state index contributed by atoms with van der Waals surface area (Å²) in [5.41, 5.74) is 17.0. The summed E-state index contributed by atoms with van der Waals surface area (Å²) in [6.07, 6.45) is 0. The smallest absolute Gasteiger partial charge is 0.436 e. The Balaban J connectivity index is 0.000000255. The van der Waals surface area contributed by atoms with Crippen molar-refractivity contribution < 1.29 is 39.0 Å². The molecule has 0 fully saturated rings. The molecular formula is C78H64Cl4N9ORu2. The first-order chi connectivity index (χ1) is 45.5. The molecule has 12 rings (SSSR count). The molecule has 16 heteroatoms. The molecule has 12 aromatic carbocycles. The maximum Gasteiger partial charge on any atom is 2.00 e. The fraction of sp³-hybridized carbons (Fsp3) is 0.0256. The van der Waals surface area contributed by atoms with Crippen molar-refractivity contribution in [2.75, 3.05) is 10.7 Å². The predicted octanol–water partition coefficient (Wildman–Crippen LogP) is 24.3. The third-order valence-electron chi connectivity index (χ3n) is 12.1. The fourth-order valence-electron chi connectivity index (χ4n) is 7.96. The maximum absolute atomic E-state index is 7.25. The molecule has 0 saturated heterocycles. The van der Waals surface area contributed by atoms with Crippen molar-refractivity contribution in [3.8, 4) is 0 Å². The predicted molar refractivity (Wildman–Crippen MR) is 393 cm³/mol. The molecule has 0 aliphatic rings. The van der Waals surface area contributed by atoms with E-state index in [9.17, 15) is 0 Å². The molecule has 12 aromatic rings. The zero-order valence-corrected chi connectivity index (χ0v) is 57.2. The Bertz CT molecular complexity index is 3440. The van der Waals surface area contributed by atoms with Crippen LogP contribution in [0.2, 0.25) is 0 Å². The summed E-state index contributed by atoms with van der Waals surface area (Å²) in [4.78, 5) is 25.9. The van der Waals surface area contributed by atoms with Gasteiger partial charge >= 0.3 is 39.0 Å². The molecule has 0 aliphatic carbocycles. The number of amidine groups is 4. The largest absolute Gasteiger partial charge is 2.00 e. The number of hydrogen-bond acceptors (Lipinski definition) is 5. The second-order valence-electron chi connectivity index (χ2n) is 18.5. The minimum Gasteiger partial charge on any atom is -0.436 e. The number of rotatable bonds is 12. The Hall–Kier alpha value is -9.47. The molecule has 0 N–H and O–H groups in total. The maximum atomic E-state index is 7.25. The van der Waals surface area contributed by atoms with Gasteiger partial charge in [-0.05, 0) is 67.8 Å². The van der Waals surface area contributed by atoms with Crippen LogP contribution in [0.5, 0.6) is 0 Å². The van der Waals surface area contributed by atoms with Gasteiger partial charge in [-0.25, -0.2) is 0 Å². The van der Waals surface area contributed by atoms with Crippen LogP contribution in [0.1, 0.15) is 22.3 Å². The molecule has 1 radical (unpaired) electrons. The molecule has 0 heterocycles. The van der Waals surface area contributed by atoms with Gasteiger partial charge in [0.1, 0.15) is 5.59 Å². The van der Waals surface area contributed by atoms with Crippen LogP contribution in [0.3, 0.4) is 0 Å². The van der Waals surface area contributed by atoms with Gasteiger partial charge in [-0.2, -0.15) is 0 Å². The number of hydrogen-bond donors (Lipinski definition) is 0. The summed E-state index contributed by atoms with van der Waals surface area (Å²) in [7, 11) is 0. The van der Waals surface area contributed by atoms with E-state index in [0.717, 1.165) is 67.8 Å². The van der Waals surface area contributed by atoms with E-state index in [4.69, 9.17) is 56.9 Å². The van der Waals surface area contributed by atoms with Crippen molar-refractivity contribution in [1.82, 2.24) is 5.59 Å². The Morgan fingerprint density at radius 3 is 0.479 bits per heavy atom. The monoisotopic (exact) mass is 1490 g/mol. The molecular weight excluding hydrogens is 1420 g/mol. The molecule has 0 unspecified atom stereocenters. The zero-order valence-electron chi connectivity index (χ0n) is 50.7. The van der Waals surface area contributed by atoms with Crippen molar-refractivity contribution in [1.29, 1.82) is 0 Å². The third kappa shape index (κ3) is 30.3. The van der Waals surface area contributed by atoms with Crippen LogP contribution in [0.15, 0.2) is 384 Å². The van der Waals surface area contributed by atoms with Crippen LogP contribution < -0.4 is 5.59 Å². The quantitative estimate of drug-likeness (QED) is 0.0510. The van der Waals surface area contributed by atoms with Gasteiger partial charge < -0.3 is 41.2 Å². The molecule has 0 aliphatic heterocycles. The van der Waals surface area contributed by atoms with Gasteiger partial charge in [0.2, 0.25) is 0 Å². The van der Waals surface area contributed by atoms with E-state index in [0.29, 0.717) is 23.3 Å². The summed E-state index contributed by atoms with van der Waals surface area (Å²) in [6.45, 7) is 0. The van der Waals surface area contributed by atoms with Gasteiger partial charge in [0.05, 0.1) is 10.7 Å². The van der Waals surface area contributed by atoms with E-state index in [1.54, 1.807) is 0 Å². The first-order valence-electron chi connectivity index (χ1n) is 28.8. The van der Waals surface area contributed by atoms with Crippen LogP contribution >= 0.6 is 46.4 Å². The molecule has 0 saturated carbocycles. The molecule has 0 amide bonds. The summed E-state index contributed by atoms with van der Waals surface area (Å²) >= 11 is 19.1. The number of aliphatic imine (C=N–C) groups is 4. The van der Waals surface area contributed by atoms with Gasteiger partial charge in [-0.3, -0.25) is 0 Å². The first kappa shape index (κ1) is 77.0. The van der Waals surface area contributed by atoms with Gasteiger partial charge in [0.25, 0.3) is 0 Å². The van der Waals surface area contributed by atoms with Crippen molar-refractivity contribution in [2.24, 2.45) is 20.0 Å². The SMILES string of the molecule is ClCCl.ClCCl.[N]=O.[Ru+2].[Ru+2].c1ccc(N=C([N-]c2ccccc2)c2ccccc2)cc1.c1ccc(N=C([N-]c2ccccc2)c2ccccc2)cc1.c1ccc(N=C([N-]c2ccccc2)c2ccccc2)cc1.c1ccc(N=C([N-]c2ccccc2)c2ccccc2)cc1. The van der Waals surface area contributed by atoms with Crippen molar-refractivity contribution >= 4 is 115 Å². The normalized spacial score (nSPS) is 10.4. The fourth-order valence-corrected chi connectivity index (χ4v) is 7.96. The van der Waals surface area contributed by atoms with E-state index in [2.05, 4.69) is 41.2 Å². The number of alkyl halides is 4. The summed E-state index contributed by atoms with van der Waals surface area (Å²) in [6, 6.07) is 119. The van der Waals surface area contributed by atoms with Crippen LogP contribution in [-0.4, -0.2) is 34.0 Å². The zero-order chi connectivity index (χ0) is 64.7. The van der Waals surface area contributed by atoms with E-state index in [1.807, 2.05) is 364 Å². The second kappa shape index (κ2) is 48.3. The average molecular weight is 1490 g/mol. The standard InChI is InChI=1S/4C19H15N2.2CH2Cl2.NO.2Ru/c4*1-4-10-16(11-5-1)19(20-17-12-6-2-7-13-17)21-18-14-8-3-9-15-18;2*2-1-3;1-2;;/h4*1-15H;2*1H2;;;/q4*-1;;;;2*+2. The Labute approximate surface area is 598 Å². The van der Waals surface area contributed by atoms with Gasteiger partial charge in [-0.15, -0.1) is 51.3 Å². The summed E-state index contributed by atoms with van der Waals surface area (Å²) in [5, 5.41) is 19.1. The topological polar surface area (TPSA) is 145 Å². The number of halogens is 4. The van der Waals surface area contributed by atoms with E-state index < -0.39 is 0 Å². The second-order valence-corrected chi connectivity index (χ2v) is 20.2. The third-order valence-corrected chi connectivity index (χ3v) is 12.1. The molecule has 94 heavy (non-hydrogen) atoms. The van der Waals surface area contributed by atoms with Crippen LogP contribution in [0.25, 0.3) is 21.3 Å². The Morgan fingerprint density at radius 1 is 0.223 bits per heavy atom. The molecule has 10 nitrogen and oxygen atoms in total.